The molecule has 0 amide bonds. The van der Waals surface area contributed by atoms with Crippen molar-refractivity contribution in [3.05, 3.63) is 0 Å². The van der Waals surface area contributed by atoms with E-state index >= 15 is 0 Å². The van der Waals surface area contributed by atoms with Crippen molar-refractivity contribution in [1.29, 1.82) is 0 Å². The summed E-state index contributed by atoms with van der Waals surface area (Å²) in [5.74, 6) is 1.11. The van der Waals surface area contributed by atoms with Crippen LogP contribution in [0, 0.1) is 11.8 Å². The zero-order valence-corrected chi connectivity index (χ0v) is 10.3. The topological polar surface area (TPSA) is 58.9 Å². The van der Waals surface area contributed by atoms with Gasteiger partial charge in [-0.25, -0.2) is 9.59 Å². The normalized spacial score (nSPS) is 13.8. The Hall–Kier alpha value is -1.24. The van der Waals surface area contributed by atoms with Gasteiger partial charge in [-0.05, 0) is 18.3 Å². The van der Waals surface area contributed by atoms with Crippen LogP contribution in [0.25, 0.3) is 0 Å². The highest BCUT2D eigenvalue weighted by molar-refractivity contribution is 5.36. The van der Waals surface area contributed by atoms with E-state index in [4.69, 9.17) is 0 Å². The molecule has 0 spiro atoms. The molecule has 0 saturated heterocycles. The van der Waals surface area contributed by atoms with Crippen molar-refractivity contribution in [2.24, 2.45) is 21.8 Å². The van der Waals surface area contributed by atoms with Crippen LogP contribution >= 0.6 is 0 Å². The fourth-order valence-electron chi connectivity index (χ4n) is 1.61. The first-order valence-corrected chi connectivity index (χ1v) is 5.74. The van der Waals surface area contributed by atoms with Gasteiger partial charge in [0.05, 0.1) is 0 Å². The van der Waals surface area contributed by atoms with Gasteiger partial charge >= 0.3 is 0 Å². The molecule has 1 unspecified atom stereocenters. The van der Waals surface area contributed by atoms with Gasteiger partial charge in [0.2, 0.25) is 12.2 Å². The van der Waals surface area contributed by atoms with E-state index in [0.29, 0.717) is 18.3 Å². The Balaban J connectivity index is 3.94. The minimum atomic E-state index is -0.593. The second kappa shape index (κ2) is 9.02. The van der Waals surface area contributed by atoms with Crippen LogP contribution in [0.2, 0.25) is 0 Å². The van der Waals surface area contributed by atoms with E-state index in [0.717, 1.165) is 12.8 Å². The zero-order valence-electron chi connectivity index (χ0n) is 10.3. The molecule has 0 N–H and O–H groups in total. The fraction of sp³-hybridized carbons (Fsp3) is 0.833. The quantitative estimate of drug-likeness (QED) is 0.470. The maximum absolute atomic E-state index is 10.1. The van der Waals surface area contributed by atoms with E-state index in [1.807, 2.05) is 0 Å². The van der Waals surface area contributed by atoms with Crippen molar-refractivity contribution in [3.8, 4) is 0 Å². The van der Waals surface area contributed by atoms with Crippen LogP contribution in [0.15, 0.2) is 9.98 Å². The second-order valence-corrected chi connectivity index (χ2v) is 4.59. The van der Waals surface area contributed by atoms with Crippen LogP contribution in [-0.4, -0.2) is 18.3 Å². The number of aliphatic imine (C=N–C) groups is 2. The van der Waals surface area contributed by atoms with Gasteiger partial charge in [-0.3, -0.25) is 0 Å². The molecule has 4 heteroatoms. The van der Waals surface area contributed by atoms with E-state index < -0.39 is 6.17 Å². The summed E-state index contributed by atoms with van der Waals surface area (Å²) in [6, 6.07) is 0. The maximum atomic E-state index is 10.1. The average Bonchev–Trinajstić information content (AvgIpc) is 2.17. The molecule has 0 aliphatic carbocycles. The lowest BCUT2D eigenvalue weighted by atomic mass is 9.96. The molecule has 0 aromatic carbocycles. The summed E-state index contributed by atoms with van der Waals surface area (Å²) in [5, 5.41) is 0. The van der Waals surface area contributed by atoms with Crippen molar-refractivity contribution in [3.63, 3.8) is 0 Å². The Labute approximate surface area is 96.9 Å². The molecule has 0 bridgehead atoms. The molecule has 0 radical (unpaired) electrons. The molecule has 0 aliphatic heterocycles. The molecule has 0 saturated carbocycles. The van der Waals surface area contributed by atoms with Crippen LogP contribution in [0.5, 0.6) is 0 Å². The standard InChI is InChI=1S/C12H20N2O2/c1-10(2)5-4-6-11(3)7-12(13-8-15)14-9-16/h10-12H,4-7H2,1-3H3. The van der Waals surface area contributed by atoms with Gasteiger partial charge < -0.3 is 0 Å². The number of isocyanates is 2. The van der Waals surface area contributed by atoms with Gasteiger partial charge in [0.1, 0.15) is 0 Å². The minimum absolute atomic E-state index is 0.401. The number of nitrogens with zero attached hydrogens (tertiary/aromatic N) is 2. The van der Waals surface area contributed by atoms with Crippen LogP contribution < -0.4 is 0 Å². The predicted octanol–water partition coefficient (Wildman–Crippen LogP) is 2.84. The molecule has 0 aliphatic rings. The van der Waals surface area contributed by atoms with Gasteiger partial charge in [-0.1, -0.05) is 40.0 Å². The van der Waals surface area contributed by atoms with Crippen LogP contribution in [0.1, 0.15) is 46.5 Å². The smallest absolute Gasteiger partial charge is 0.211 e. The fourth-order valence-corrected chi connectivity index (χ4v) is 1.61. The lowest BCUT2D eigenvalue weighted by molar-refractivity contribution is 0.407. The second-order valence-electron chi connectivity index (χ2n) is 4.59. The SMILES string of the molecule is CC(C)CCCC(C)CC(N=C=O)N=C=O. The molecule has 0 aromatic rings. The van der Waals surface area contributed by atoms with Gasteiger partial charge in [0.25, 0.3) is 0 Å². The highest BCUT2D eigenvalue weighted by Gasteiger charge is 2.11. The summed E-state index contributed by atoms with van der Waals surface area (Å²) >= 11 is 0. The first-order valence-electron chi connectivity index (χ1n) is 5.74. The average molecular weight is 224 g/mol. The summed E-state index contributed by atoms with van der Waals surface area (Å²) in [7, 11) is 0. The van der Waals surface area contributed by atoms with E-state index in [1.54, 1.807) is 0 Å². The first kappa shape index (κ1) is 14.8. The molecule has 16 heavy (non-hydrogen) atoms. The number of rotatable bonds is 8. The first-order chi connectivity index (χ1) is 7.60. The third-order valence-corrected chi connectivity index (χ3v) is 2.50. The Morgan fingerprint density at radius 2 is 1.56 bits per heavy atom. The van der Waals surface area contributed by atoms with Gasteiger partial charge in [-0.15, -0.1) is 0 Å². The van der Waals surface area contributed by atoms with Crippen LogP contribution in [-0.2, 0) is 9.59 Å². The summed E-state index contributed by atoms with van der Waals surface area (Å²) in [6.07, 6.45) is 6.31. The third kappa shape index (κ3) is 8.10. The van der Waals surface area contributed by atoms with Crippen molar-refractivity contribution >= 4 is 12.2 Å². The van der Waals surface area contributed by atoms with Gasteiger partial charge in [0, 0.05) is 0 Å². The van der Waals surface area contributed by atoms with E-state index in [9.17, 15) is 9.59 Å². The minimum Gasteiger partial charge on any atom is -0.211 e. The predicted molar refractivity (Wildman–Crippen MR) is 62.5 cm³/mol. The number of carbonyl (C=O) groups excluding carboxylic acids is 2. The van der Waals surface area contributed by atoms with E-state index in [1.165, 1.54) is 18.6 Å². The zero-order chi connectivity index (χ0) is 12.4. The lowest BCUT2D eigenvalue weighted by Crippen LogP contribution is -2.07. The Morgan fingerprint density at radius 3 is 2.00 bits per heavy atom. The molecule has 90 valence electrons. The molecule has 0 rings (SSSR count). The molecule has 0 fully saturated rings. The molecule has 0 aromatic heterocycles. The maximum Gasteiger partial charge on any atom is 0.237 e. The largest absolute Gasteiger partial charge is 0.237 e. The monoisotopic (exact) mass is 224 g/mol. The summed E-state index contributed by atoms with van der Waals surface area (Å²) in [5.41, 5.74) is 0. The summed E-state index contributed by atoms with van der Waals surface area (Å²) in [6.45, 7) is 6.47. The summed E-state index contributed by atoms with van der Waals surface area (Å²) in [4.78, 5) is 27.1. The highest BCUT2D eigenvalue weighted by Crippen LogP contribution is 2.18. The van der Waals surface area contributed by atoms with Gasteiger partial charge in [0.15, 0.2) is 6.17 Å². The highest BCUT2D eigenvalue weighted by atomic mass is 16.1. The number of hydrogen-bond donors (Lipinski definition) is 0. The molecule has 0 heterocycles. The van der Waals surface area contributed by atoms with E-state index in [-0.39, 0.29) is 0 Å². The van der Waals surface area contributed by atoms with Crippen molar-refractivity contribution in [2.45, 2.75) is 52.6 Å². The van der Waals surface area contributed by atoms with Crippen molar-refractivity contribution < 1.29 is 9.59 Å². The van der Waals surface area contributed by atoms with E-state index in [2.05, 4.69) is 30.8 Å². The lowest BCUT2D eigenvalue weighted by Gasteiger charge is -2.13. The molecular formula is C12H20N2O2. The third-order valence-electron chi connectivity index (χ3n) is 2.50. The molecular weight excluding hydrogens is 204 g/mol. The van der Waals surface area contributed by atoms with Crippen LogP contribution in [0.4, 0.5) is 0 Å². The Kier molecular flexibility index (Phi) is 8.32. The van der Waals surface area contributed by atoms with Crippen LogP contribution in [0.3, 0.4) is 0 Å². The van der Waals surface area contributed by atoms with Gasteiger partial charge in [-0.2, -0.15) is 9.98 Å². The van der Waals surface area contributed by atoms with Crippen molar-refractivity contribution in [1.82, 2.24) is 0 Å². The number of hydrogen-bond acceptors (Lipinski definition) is 4. The Morgan fingerprint density at radius 1 is 1.00 bits per heavy atom. The molecule has 1 atom stereocenters. The summed E-state index contributed by atoms with van der Waals surface area (Å²) < 4.78 is 0. The van der Waals surface area contributed by atoms with Crippen molar-refractivity contribution in [2.75, 3.05) is 0 Å². The Bertz CT molecular complexity index is 259. The molecule has 4 nitrogen and oxygen atoms in total.